The quantitative estimate of drug-likeness (QED) is 0.632. The normalized spacial score (nSPS) is 18.9. The zero-order chi connectivity index (χ0) is 22.2. The molecule has 4 rings (SSSR count). The maximum atomic E-state index is 14.1. The lowest BCUT2D eigenvalue weighted by Gasteiger charge is -2.35. The summed E-state index contributed by atoms with van der Waals surface area (Å²) in [5.74, 6) is -0.360. The minimum atomic E-state index is -0.937. The average Bonchev–Trinajstić information content (AvgIpc) is 3.35. The molecule has 1 amide bonds. The molecule has 1 N–H and O–H groups in total. The Hall–Kier alpha value is -2.86. The molecule has 1 aliphatic heterocycles. The lowest BCUT2D eigenvalue weighted by atomic mass is 9.94. The fraction of sp³-hybridized carbons (Fsp3) is 0.400. The van der Waals surface area contributed by atoms with E-state index < -0.39 is 29.9 Å². The van der Waals surface area contributed by atoms with Crippen molar-refractivity contribution in [2.45, 2.75) is 57.4 Å². The number of para-hydroxylation sites is 1. The molecule has 164 valence electrons. The Balaban J connectivity index is 1.74. The van der Waals surface area contributed by atoms with Gasteiger partial charge in [-0.2, -0.15) is 0 Å². The van der Waals surface area contributed by atoms with Crippen LogP contribution in [0.15, 0.2) is 60.8 Å². The van der Waals surface area contributed by atoms with Crippen molar-refractivity contribution in [2.75, 3.05) is 6.54 Å². The van der Waals surface area contributed by atoms with E-state index in [0.717, 1.165) is 17.3 Å². The molecule has 1 saturated heterocycles. The number of amides is 1. The lowest BCUT2D eigenvalue weighted by Crippen LogP contribution is -2.48. The Labute approximate surface area is 182 Å². The van der Waals surface area contributed by atoms with Gasteiger partial charge in [0.2, 0.25) is 0 Å². The number of hydrogen-bond donors (Lipinski definition) is 1. The predicted molar refractivity (Wildman–Crippen MR) is 118 cm³/mol. The summed E-state index contributed by atoms with van der Waals surface area (Å²) in [6.07, 6.45) is 1.99. The Morgan fingerprint density at radius 3 is 2.68 bits per heavy atom. The van der Waals surface area contributed by atoms with Crippen molar-refractivity contribution in [3.05, 3.63) is 72.2 Å². The first kappa shape index (κ1) is 21.4. The minimum absolute atomic E-state index is 0.360. The summed E-state index contributed by atoms with van der Waals surface area (Å²) in [4.78, 5) is 14.4. The molecule has 31 heavy (non-hydrogen) atoms. The molecule has 1 aromatic heterocycles. The number of halogens is 1. The molecule has 0 bridgehead atoms. The monoisotopic (exact) mass is 424 g/mol. The summed E-state index contributed by atoms with van der Waals surface area (Å²) in [5.41, 5.74) is 0.982. The molecule has 0 radical (unpaired) electrons. The van der Waals surface area contributed by atoms with Crippen LogP contribution in [0.25, 0.3) is 10.9 Å². The molecule has 2 aromatic carbocycles. The first-order valence-electron chi connectivity index (χ1n) is 10.7. The van der Waals surface area contributed by atoms with Gasteiger partial charge in [0.15, 0.2) is 0 Å². The Morgan fingerprint density at radius 2 is 1.94 bits per heavy atom. The van der Waals surface area contributed by atoms with Crippen LogP contribution < -0.4 is 0 Å². The van der Waals surface area contributed by atoms with E-state index in [2.05, 4.69) is 0 Å². The van der Waals surface area contributed by atoms with Gasteiger partial charge in [-0.1, -0.05) is 30.3 Å². The van der Waals surface area contributed by atoms with Crippen molar-refractivity contribution in [1.82, 2.24) is 9.47 Å². The van der Waals surface area contributed by atoms with Gasteiger partial charge in [0.25, 0.3) is 0 Å². The van der Waals surface area contributed by atoms with Crippen molar-refractivity contribution >= 4 is 17.0 Å². The topological polar surface area (TPSA) is 54.7 Å². The van der Waals surface area contributed by atoms with Crippen LogP contribution in [0.2, 0.25) is 0 Å². The number of likely N-dealkylation sites (tertiary alicyclic amines) is 1. The summed E-state index contributed by atoms with van der Waals surface area (Å²) >= 11 is 0. The summed E-state index contributed by atoms with van der Waals surface area (Å²) in [5, 5.41) is 12.6. The van der Waals surface area contributed by atoms with Crippen LogP contribution in [-0.2, 0) is 4.74 Å². The highest BCUT2D eigenvalue weighted by molar-refractivity contribution is 5.80. The number of hydrogen-bond acceptors (Lipinski definition) is 3. The van der Waals surface area contributed by atoms with Crippen molar-refractivity contribution in [1.29, 1.82) is 0 Å². The average molecular weight is 425 g/mol. The van der Waals surface area contributed by atoms with Crippen molar-refractivity contribution in [3.8, 4) is 0 Å². The van der Waals surface area contributed by atoms with Crippen LogP contribution in [0.3, 0.4) is 0 Å². The predicted octanol–water partition coefficient (Wildman–Crippen LogP) is 5.13. The van der Waals surface area contributed by atoms with Crippen molar-refractivity contribution in [3.63, 3.8) is 0 Å². The second-order valence-corrected chi connectivity index (χ2v) is 9.16. The SMILES string of the molecule is CC(C)(C)OC(=O)N1CCC[C@H]1[C@@H](O)[C@H](c1cccc(F)c1)n1ccc2ccccc21. The van der Waals surface area contributed by atoms with Crippen LogP contribution in [0, 0.1) is 5.82 Å². The van der Waals surface area contributed by atoms with Gasteiger partial charge in [-0.3, -0.25) is 0 Å². The lowest BCUT2D eigenvalue weighted by molar-refractivity contribution is -0.00165. The number of rotatable bonds is 4. The second-order valence-electron chi connectivity index (χ2n) is 9.16. The molecule has 0 aliphatic carbocycles. The summed E-state index contributed by atoms with van der Waals surface area (Å²) in [7, 11) is 0. The largest absolute Gasteiger partial charge is 0.444 e. The third-order valence-corrected chi connectivity index (χ3v) is 5.76. The molecule has 2 heterocycles. The molecule has 1 fully saturated rings. The van der Waals surface area contributed by atoms with E-state index in [0.29, 0.717) is 18.5 Å². The zero-order valence-electron chi connectivity index (χ0n) is 18.2. The van der Waals surface area contributed by atoms with Crippen LogP contribution in [0.5, 0.6) is 0 Å². The number of carbonyl (C=O) groups excluding carboxylic acids is 1. The van der Waals surface area contributed by atoms with E-state index in [1.54, 1.807) is 11.0 Å². The molecule has 0 saturated carbocycles. The number of carbonyl (C=O) groups is 1. The number of ether oxygens (including phenoxy) is 1. The first-order valence-corrected chi connectivity index (χ1v) is 10.7. The van der Waals surface area contributed by atoms with Gasteiger partial charge in [-0.05, 0) is 68.8 Å². The van der Waals surface area contributed by atoms with Gasteiger partial charge in [0.1, 0.15) is 11.4 Å². The molecular weight excluding hydrogens is 395 g/mol. The van der Waals surface area contributed by atoms with Crippen LogP contribution in [0.1, 0.15) is 45.2 Å². The molecule has 3 atom stereocenters. The molecular formula is C25H29FN2O3. The highest BCUT2D eigenvalue weighted by atomic mass is 19.1. The summed E-state index contributed by atoms with van der Waals surface area (Å²) < 4.78 is 21.7. The van der Waals surface area contributed by atoms with Gasteiger partial charge >= 0.3 is 6.09 Å². The van der Waals surface area contributed by atoms with Crippen molar-refractivity contribution in [2.24, 2.45) is 0 Å². The minimum Gasteiger partial charge on any atom is -0.444 e. The van der Waals surface area contributed by atoms with E-state index in [1.807, 2.05) is 67.9 Å². The van der Waals surface area contributed by atoms with Crippen LogP contribution in [0.4, 0.5) is 9.18 Å². The molecule has 1 aliphatic rings. The number of aliphatic hydroxyl groups excluding tert-OH is 1. The maximum absolute atomic E-state index is 14.1. The number of nitrogens with zero attached hydrogens (tertiary/aromatic N) is 2. The van der Waals surface area contributed by atoms with Crippen LogP contribution >= 0.6 is 0 Å². The Morgan fingerprint density at radius 1 is 1.16 bits per heavy atom. The number of aromatic nitrogens is 1. The van der Waals surface area contributed by atoms with E-state index in [1.165, 1.54) is 12.1 Å². The smallest absolute Gasteiger partial charge is 0.410 e. The fourth-order valence-electron chi connectivity index (χ4n) is 4.47. The van der Waals surface area contributed by atoms with Gasteiger partial charge in [0.05, 0.1) is 18.2 Å². The summed E-state index contributed by atoms with van der Waals surface area (Å²) in [6, 6.07) is 15.2. The Kier molecular flexibility index (Phi) is 5.75. The van der Waals surface area contributed by atoms with E-state index in [4.69, 9.17) is 4.74 Å². The third kappa shape index (κ3) is 4.44. The first-order chi connectivity index (χ1) is 14.7. The van der Waals surface area contributed by atoms with Gasteiger partial charge in [-0.15, -0.1) is 0 Å². The standard InChI is InChI=1S/C25H29FN2O3/c1-25(2,3)31-24(30)28-14-7-12-21(28)23(29)22(18-9-6-10-19(26)16-18)27-15-13-17-8-4-5-11-20(17)27/h4-6,8-11,13,15-16,21-23,29H,7,12,14H2,1-3H3/t21-,22-,23+/m0/s1. The van der Waals surface area contributed by atoms with Gasteiger partial charge in [0, 0.05) is 18.3 Å². The van der Waals surface area contributed by atoms with E-state index >= 15 is 0 Å². The fourth-order valence-corrected chi connectivity index (χ4v) is 4.47. The molecule has 6 heteroatoms. The van der Waals surface area contributed by atoms with E-state index in [-0.39, 0.29) is 5.82 Å². The third-order valence-electron chi connectivity index (χ3n) is 5.76. The van der Waals surface area contributed by atoms with Crippen molar-refractivity contribution < 1.29 is 19.0 Å². The van der Waals surface area contributed by atoms with Crippen LogP contribution in [-0.4, -0.2) is 45.0 Å². The van der Waals surface area contributed by atoms with E-state index in [9.17, 15) is 14.3 Å². The van der Waals surface area contributed by atoms with Gasteiger partial charge < -0.3 is 19.3 Å². The zero-order valence-corrected chi connectivity index (χ0v) is 18.2. The number of aliphatic hydroxyl groups is 1. The second kappa shape index (κ2) is 8.35. The highest BCUT2D eigenvalue weighted by Crippen LogP contribution is 2.34. The number of benzene rings is 2. The van der Waals surface area contributed by atoms with Gasteiger partial charge in [-0.25, -0.2) is 9.18 Å². The summed E-state index contributed by atoms with van der Waals surface area (Å²) in [6.45, 7) is 6.01. The maximum Gasteiger partial charge on any atom is 0.410 e. The number of fused-ring (bicyclic) bond motifs is 1. The molecule has 0 spiro atoms. The molecule has 3 aromatic rings. The highest BCUT2D eigenvalue weighted by Gasteiger charge is 2.40. The molecule has 0 unspecified atom stereocenters. The molecule has 5 nitrogen and oxygen atoms in total. The Bertz CT molecular complexity index is 1070.